The summed E-state index contributed by atoms with van der Waals surface area (Å²) in [6, 6.07) is 0. The van der Waals surface area contributed by atoms with Gasteiger partial charge in [-0.25, -0.2) is 0 Å². The predicted molar refractivity (Wildman–Crippen MR) is 50.8 cm³/mol. The Labute approximate surface area is 81.3 Å². The van der Waals surface area contributed by atoms with E-state index in [2.05, 4.69) is 9.36 Å². The molecule has 1 aliphatic carbocycles. The normalized spacial score (nSPS) is 26.9. The Morgan fingerprint density at radius 1 is 1.62 bits per heavy atom. The molecule has 4 nitrogen and oxygen atoms in total. The van der Waals surface area contributed by atoms with Crippen molar-refractivity contribution in [3.05, 3.63) is 5.82 Å². The Hall–Kier alpha value is -0.680. The molecule has 1 aromatic rings. The molecule has 0 amide bonds. The van der Waals surface area contributed by atoms with Gasteiger partial charge in [0.2, 0.25) is 0 Å². The highest BCUT2D eigenvalue weighted by Crippen LogP contribution is 2.30. The zero-order chi connectivity index (χ0) is 9.26. The van der Waals surface area contributed by atoms with Gasteiger partial charge >= 0.3 is 0 Å². The second-order valence-corrected chi connectivity index (χ2v) is 4.13. The van der Waals surface area contributed by atoms with Crippen LogP contribution in [0.15, 0.2) is 0 Å². The van der Waals surface area contributed by atoms with Crippen LogP contribution in [0, 0.1) is 12.8 Å². The predicted octanol–water partition coefficient (Wildman–Crippen LogP) is 0.963. The largest absolute Gasteiger partial charge is 0.466 e. The van der Waals surface area contributed by atoms with Crippen LogP contribution in [0.3, 0.4) is 0 Å². The Morgan fingerprint density at radius 3 is 2.92 bits per heavy atom. The Balaban J connectivity index is 1.81. The molecule has 0 aliphatic heterocycles. The van der Waals surface area contributed by atoms with E-state index in [9.17, 15) is 0 Å². The summed E-state index contributed by atoms with van der Waals surface area (Å²) in [5.74, 6) is 1.44. The van der Waals surface area contributed by atoms with Crippen LogP contribution < -0.4 is 10.5 Å². The summed E-state index contributed by atoms with van der Waals surface area (Å²) in [6.45, 7) is 2.64. The minimum atomic E-state index is 0.320. The van der Waals surface area contributed by atoms with Crippen molar-refractivity contribution in [2.75, 3.05) is 6.54 Å². The van der Waals surface area contributed by atoms with Crippen molar-refractivity contribution in [2.24, 2.45) is 11.7 Å². The van der Waals surface area contributed by atoms with E-state index < -0.39 is 0 Å². The number of ether oxygens (including phenoxy) is 1. The van der Waals surface area contributed by atoms with E-state index in [1.807, 2.05) is 6.92 Å². The van der Waals surface area contributed by atoms with E-state index in [1.165, 1.54) is 11.5 Å². The lowest BCUT2D eigenvalue weighted by molar-refractivity contribution is 0.0687. The molecule has 72 valence electrons. The fraction of sp³-hybridized carbons (Fsp3) is 0.750. The van der Waals surface area contributed by atoms with E-state index in [0.717, 1.165) is 25.2 Å². The number of aryl methyl sites for hydroxylation is 1. The van der Waals surface area contributed by atoms with Gasteiger partial charge in [0, 0.05) is 11.5 Å². The molecule has 1 aliphatic rings. The molecule has 0 unspecified atom stereocenters. The third-order valence-corrected chi connectivity index (χ3v) is 3.00. The van der Waals surface area contributed by atoms with Crippen molar-refractivity contribution < 1.29 is 4.74 Å². The average Bonchev–Trinajstić information content (AvgIpc) is 2.43. The number of nitrogens with two attached hydrogens (primary N) is 1. The summed E-state index contributed by atoms with van der Waals surface area (Å²) in [7, 11) is 0. The molecule has 13 heavy (non-hydrogen) atoms. The highest BCUT2D eigenvalue weighted by atomic mass is 32.1. The summed E-state index contributed by atoms with van der Waals surface area (Å²) in [4.78, 5) is 4.14. The van der Waals surface area contributed by atoms with E-state index in [-0.39, 0.29) is 0 Å². The SMILES string of the molecule is Cc1nsc(OC2CC(CN)C2)n1. The summed E-state index contributed by atoms with van der Waals surface area (Å²) in [5, 5.41) is 0.693. The Morgan fingerprint density at radius 2 is 2.38 bits per heavy atom. The van der Waals surface area contributed by atoms with Gasteiger partial charge in [0.05, 0.1) is 0 Å². The molecule has 1 aromatic heterocycles. The van der Waals surface area contributed by atoms with Gasteiger partial charge in [-0.1, -0.05) is 0 Å². The third kappa shape index (κ3) is 1.97. The first kappa shape index (κ1) is 8.90. The number of hydrogen-bond acceptors (Lipinski definition) is 5. The highest BCUT2D eigenvalue weighted by Gasteiger charge is 2.30. The van der Waals surface area contributed by atoms with Crippen LogP contribution in [-0.4, -0.2) is 22.0 Å². The average molecular weight is 199 g/mol. The zero-order valence-electron chi connectivity index (χ0n) is 7.56. The first-order chi connectivity index (χ1) is 6.28. The lowest BCUT2D eigenvalue weighted by Crippen LogP contribution is -2.37. The van der Waals surface area contributed by atoms with Crippen molar-refractivity contribution in [1.29, 1.82) is 0 Å². The van der Waals surface area contributed by atoms with Gasteiger partial charge in [0.25, 0.3) is 5.19 Å². The lowest BCUT2D eigenvalue weighted by atomic mass is 9.82. The molecule has 1 heterocycles. The molecule has 2 N–H and O–H groups in total. The van der Waals surface area contributed by atoms with Crippen LogP contribution in [0.2, 0.25) is 0 Å². The van der Waals surface area contributed by atoms with Crippen LogP contribution in [0.5, 0.6) is 5.19 Å². The number of aromatic nitrogens is 2. The molecule has 0 bridgehead atoms. The van der Waals surface area contributed by atoms with E-state index >= 15 is 0 Å². The van der Waals surface area contributed by atoms with Crippen LogP contribution in [-0.2, 0) is 0 Å². The first-order valence-corrected chi connectivity index (χ1v) is 5.22. The third-order valence-electron chi connectivity index (χ3n) is 2.30. The van der Waals surface area contributed by atoms with E-state index in [4.69, 9.17) is 10.5 Å². The topological polar surface area (TPSA) is 61.0 Å². The summed E-state index contributed by atoms with van der Waals surface area (Å²) >= 11 is 1.32. The smallest absolute Gasteiger partial charge is 0.293 e. The molecule has 2 rings (SSSR count). The fourth-order valence-electron chi connectivity index (χ4n) is 1.43. The Kier molecular flexibility index (Phi) is 2.46. The second kappa shape index (κ2) is 3.59. The molecule has 0 spiro atoms. The first-order valence-electron chi connectivity index (χ1n) is 4.45. The van der Waals surface area contributed by atoms with Crippen LogP contribution in [0.1, 0.15) is 18.7 Å². The number of nitrogens with zero attached hydrogens (tertiary/aromatic N) is 2. The standard InChI is InChI=1S/C8H13N3OS/c1-5-10-8(13-11-5)12-7-2-6(3-7)4-9/h6-7H,2-4,9H2,1H3. The fourth-order valence-corrected chi connectivity index (χ4v) is 2.03. The number of rotatable bonds is 3. The van der Waals surface area contributed by atoms with Gasteiger partial charge < -0.3 is 10.5 Å². The second-order valence-electron chi connectivity index (χ2n) is 3.42. The maximum absolute atomic E-state index is 5.59. The summed E-state index contributed by atoms with van der Waals surface area (Å²) in [6.07, 6.45) is 2.45. The van der Waals surface area contributed by atoms with Crippen molar-refractivity contribution >= 4 is 11.5 Å². The van der Waals surface area contributed by atoms with Crippen molar-refractivity contribution in [3.8, 4) is 5.19 Å². The van der Waals surface area contributed by atoms with E-state index in [0.29, 0.717) is 17.2 Å². The summed E-state index contributed by atoms with van der Waals surface area (Å²) < 4.78 is 9.64. The van der Waals surface area contributed by atoms with Gasteiger partial charge in [0.15, 0.2) is 0 Å². The molecule has 0 radical (unpaired) electrons. The van der Waals surface area contributed by atoms with Gasteiger partial charge in [-0.05, 0) is 32.2 Å². The lowest BCUT2D eigenvalue weighted by Gasteiger charge is -2.33. The Bertz CT molecular complexity index is 283. The van der Waals surface area contributed by atoms with Crippen molar-refractivity contribution in [1.82, 2.24) is 9.36 Å². The minimum absolute atomic E-state index is 0.320. The zero-order valence-corrected chi connectivity index (χ0v) is 8.38. The highest BCUT2D eigenvalue weighted by molar-refractivity contribution is 7.07. The molecule has 1 saturated carbocycles. The minimum Gasteiger partial charge on any atom is -0.466 e. The molecule has 5 heteroatoms. The maximum Gasteiger partial charge on any atom is 0.293 e. The molecule has 0 atom stereocenters. The van der Waals surface area contributed by atoms with E-state index in [1.54, 1.807) is 0 Å². The van der Waals surface area contributed by atoms with Gasteiger partial charge in [0.1, 0.15) is 11.9 Å². The van der Waals surface area contributed by atoms with Gasteiger partial charge in [-0.2, -0.15) is 9.36 Å². The summed E-state index contributed by atoms with van der Waals surface area (Å²) in [5.41, 5.74) is 5.51. The molecule has 1 fully saturated rings. The molecular formula is C8H13N3OS. The maximum atomic E-state index is 5.59. The van der Waals surface area contributed by atoms with Crippen molar-refractivity contribution in [2.45, 2.75) is 25.9 Å². The quantitative estimate of drug-likeness (QED) is 0.787. The molecule has 0 aromatic carbocycles. The molecular weight excluding hydrogens is 186 g/mol. The monoisotopic (exact) mass is 199 g/mol. The number of hydrogen-bond donors (Lipinski definition) is 1. The van der Waals surface area contributed by atoms with Gasteiger partial charge in [-0.3, -0.25) is 0 Å². The van der Waals surface area contributed by atoms with Crippen molar-refractivity contribution in [3.63, 3.8) is 0 Å². The van der Waals surface area contributed by atoms with Crippen LogP contribution in [0.25, 0.3) is 0 Å². The van der Waals surface area contributed by atoms with Gasteiger partial charge in [-0.15, -0.1) is 0 Å². The van der Waals surface area contributed by atoms with Crippen LogP contribution >= 0.6 is 11.5 Å². The molecule has 0 saturated heterocycles. The van der Waals surface area contributed by atoms with Crippen LogP contribution in [0.4, 0.5) is 0 Å².